The molecule has 3 heterocycles. The van der Waals surface area contributed by atoms with Gasteiger partial charge in [-0.2, -0.15) is 0 Å². The maximum atomic E-state index is 13.7. The Kier molecular flexibility index (Phi) is 10.1. The Morgan fingerprint density at radius 2 is 1.58 bits per heavy atom. The topological polar surface area (TPSA) is 106 Å². The molecule has 11 heteroatoms. The van der Waals surface area contributed by atoms with Crippen molar-refractivity contribution in [3.63, 3.8) is 0 Å². The van der Waals surface area contributed by atoms with Gasteiger partial charge < -0.3 is 29.5 Å². The highest BCUT2D eigenvalue weighted by Gasteiger charge is 2.44. The predicted octanol–water partition coefficient (Wildman–Crippen LogP) is 9.88. The molecule has 2 unspecified atom stereocenters. The van der Waals surface area contributed by atoms with Crippen LogP contribution in [0.2, 0.25) is 10.0 Å². The van der Waals surface area contributed by atoms with E-state index in [0.717, 1.165) is 66.5 Å². The average molecular weight is 752 g/mol. The quantitative estimate of drug-likeness (QED) is 0.139. The molecule has 2 atom stereocenters. The smallest absolute Gasteiger partial charge is 0.322 e. The van der Waals surface area contributed by atoms with Crippen molar-refractivity contribution in [2.24, 2.45) is 0 Å². The number of fused-ring (bicyclic) bond motifs is 2. The van der Waals surface area contributed by atoms with Crippen LogP contribution in [-0.4, -0.2) is 47.3 Å². The third-order valence-corrected chi connectivity index (χ3v) is 11.2. The number of piperidine rings is 1. The SMILES string of the molecule is COc1cc(C(=O)NCc2cccc(-c3ccccc3)c2)ccc1NC(=O)N1C2CCC1CC(OCc1c(-c3c(Cl)cccc3Cl)noc1C1CC1)C2. The maximum absolute atomic E-state index is 13.7. The van der Waals surface area contributed by atoms with E-state index in [4.69, 9.17) is 37.2 Å². The second kappa shape index (κ2) is 15.3. The van der Waals surface area contributed by atoms with Gasteiger partial charge in [0.2, 0.25) is 0 Å². The summed E-state index contributed by atoms with van der Waals surface area (Å²) >= 11 is 13.1. The van der Waals surface area contributed by atoms with Gasteiger partial charge in [0.15, 0.2) is 0 Å². The van der Waals surface area contributed by atoms with E-state index in [0.29, 0.717) is 57.4 Å². The lowest BCUT2D eigenvalue weighted by Gasteiger charge is -2.38. The average Bonchev–Trinajstić information content (AvgIpc) is 3.88. The Hall–Kier alpha value is -4.83. The number of benzene rings is 4. The number of carbonyl (C=O) groups excluding carboxylic acids is 2. The first-order valence-corrected chi connectivity index (χ1v) is 18.9. The zero-order valence-electron chi connectivity index (χ0n) is 29.3. The molecule has 53 heavy (non-hydrogen) atoms. The Bertz CT molecular complexity index is 2100. The van der Waals surface area contributed by atoms with Crippen molar-refractivity contribution in [2.45, 2.75) is 75.8 Å². The summed E-state index contributed by atoms with van der Waals surface area (Å²) in [5.74, 6) is 1.37. The Morgan fingerprint density at radius 3 is 2.30 bits per heavy atom. The summed E-state index contributed by atoms with van der Waals surface area (Å²) < 4.78 is 18.0. The minimum absolute atomic E-state index is 0.0267. The molecule has 4 aromatic carbocycles. The lowest BCUT2D eigenvalue weighted by Crippen LogP contribution is -2.50. The number of hydrogen-bond donors (Lipinski definition) is 2. The van der Waals surface area contributed by atoms with Crippen LogP contribution in [0.3, 0.4) is 0 Å². The van der Waals surface area contributed by atoms with Crippen LogP contribution < -0.4 is 15.4 Å². The van der Waals surface area contributed by atoms with Gasteiger partial charge in [0, 0.05) is 41.2 Å². The summed E-state index contributed by atoms with van der Waals surface area (Å²) in [6.07, 6.45) is 5.34. The number of amides is 3. The van der Waals surface area contributed by atoms with Crippen LogP contribution in [0.1, 0.15) is 71.7 Å². The van der Waals surface area contributed by atoms with E-state index in [9.17, 15) is 9.59 Å². The first-order chi connectivity index (χ1) is 25.9. The number of nitrogens with zero attached hydrogens (tertiary/aromatic N) is 2. The first kappa shape index (κ1) is 35.2. The van der Waals surface area contributed by atoms with E-state index in [-0.39, 0.29) is 30.1 Å². The lowest BCUT2D eigenvalue weighted by atomic mass is 9.99. The third-order valence-electron chi connectivity index (χ3n) is 10.5. The number of anilines is 1. The highest BCUT2D eigenvalue weighted by Crippen LogP contribution is 2.47. The van der Waals surface area contributed by atoms with Crippen molar-refractivity contribution in [3.8, 4) is 28.1 Å². The Morgan fingerprint density at radius 1 is 0.868 bits per heavy atom. The fourth-order valence-corrected chi connectivity index (χ4v) is 8.31. The van der Waals surface area contributed by atoms with Crippen molar-refractivity contribution in [1.29, 1.82) is 0 Å². The molecule has 3 amide bonds. The Balaban J connectivity index is 0.888. The van der Waals surface area contributed by atoms with Gasteiger partial charge in [-0.1, -0.05) is 83.0 Å². The summed E-state index contributed by atoms with van der Waals surface area (Å²) in [4.78, 5) is 28.8. The molecule has 5 aromatic rings. The number of hydrogen-bond acceptors (Lipinski definition) is 6. The largest absolute Gasteiger partial charge is 0.495 e. The number of halogens is 2. The van der Waals surface area contributed by atoms with Crippen molar-refractivity contribution >= 4 is 40.8 Å². The monoisotopic (exact) mass is 750 g/mol. The van der Waals surface area contributed by atoms with Gasteiger partial charge in [0.1, 0.15) is 17.2 Å². The van der Waals surface area contributed by atoms with E-state index in [1.807, 2.05) is 41.3 Å². The summed E-state index contributed by atoms with van der Waals surface area (Å²) in [7, 11) is 1.53. The van der Waals surface area contributed by atoms with Crippen LogP contribution >= 0.6 is 23.2 Å². The molecule has 0 radical (unpaired) electrons. The molecule has 8 rings (SSSR count). The molecule has 2 saturated heterocycles. The zero-order chi connectivity index (χ0) is 36.5. The van der Waals surface area contributed by atoms with Crippen LogP contribution in [0.5, 0.6) is 5.75 Å². The molecule has 3 fully saturated rings. The number of ether oxygens (including phenoxy) is 2. The van der Waals surface area contributed by atoms with Gasteiger partial charge in [-0.3, -0.25) is 4.79 Å². The maximum Gasteiger partial charge on any atom is 0.322 e. The fraction of sp³-hybridized carbons (Fsp3) is 0.310. The first-order valence-electron chi connectivity index (χ1n) is 18.1. The molecule has 3 aliphatic rings. The standard InChI is InChI=1S/C42H40Cl2N4O5/c1-51-37-20-29(41(49)45-23-25-7-5-10-28(19-25)26-8-3-2-4-9-26)15-18-36(37)46-42(50)48-30-16-17-31(48)22-32(21-30)52-24-33-39(47-53-40(33)27-13-14-27)38-34(43)11-6-12-35(38)44/h2-12,15,18-20,27,30-32H,13-14,16-17,21-24H2,1H3,(H,45,49)(H,46,50). The summed E-state index contributed by atoms with van der Waals surface area (Å²) in [6, 6.07) is 28.6. The summed E-state index contributed by atoms with van der Waals surface area (Å²) in [5, 5.41) is 11.5. The number of urea groups is 1. The van der Waals surface area contributed by atoms with Crippen molar-refractivity contribution in [3.05, 3.63) is 123 Å². The van der Waals surface area contributed by atoms with Gasteiger partial charge in [-0.05, 0) is 91.6 Å². The second-order valence-corrected chi connectivity index (χ2v) is 14.9. The minimum Gasteiger partial charge on any atom is -0.495 e. The summed E-state index contributed by atoms with van der Waals surface area (Å²) in [6.45, 7) is 0.708. The molecular formula is C42H40Cl2N4O5. The van der Waals surface area contributed by atoms with E-state index in [1.54, 1.807) is 30.3 Å². The van der Waals surface area contributed by atoms with Gasteiger partial charge in [-0.25, -0.2) is 4.79 Å². The van der Waals surface area contributed by atoms with E-state index in [2.05, 4.69) is 40.1 Å². The molecular weight excluding hydrogens is 711 g/mol. The Labute approximate surface area is 318 Å². The molecule has 1 aromatic heterocycles. The third kappa shape index (κ3) is 7.51. The number of nitrogens with one attached hydrogen (secondary N) is 2. The van der Waals surface area contributed by atoms with Crippen LogP contribution in [0, 0.1) is 0 Å². The molecule has 2 bridgehead atoms. The van der Waals surface area contributed by atoms with Gasteiger partial charge >= 0.3 is 6.03 Å². The zero-order valence-corrected chi connectivity index (χ0v) is 30.8. The van der Waals surface area contributed by atoms with Gasteiger partial charge in [-0.15, -0.1) is 0 Å². The normalized spacial score (nSPS) is 19.2. The van der Waals surface area contributed by atoms with Crippen molar-refractivity contribution in [1.82, 2.24) is 15.4 Å². The molecule has 0 spiro atoms. The minimum atomic E-state index is -0.232. The number of aromatic nitrogens is 1. The van der Waals surface area contributed by atoms with E-state index < -0.39 is 0 Å². The highest BCUT2D eigenvalue weighted by molar-refractivity contribution is 6.39. The molecule has 272 valence electrons. The molecule has 2 aliphatic heterocycles. The summed E-state index contributed by atoms with van der Waals surface area (Å²) in [5.41, 5.74) is 6.34. The van der Waals surface area contributed by atoms with Crippen LogP contribution in [0.15, 0.2) is 95.5 Å². The fourth-order valence-electron chi connectivity index (χ4n) is 7.74. The highest BCUT2D eigenvalue weighted by atomic mass is 35.5. The van der Waals surface area contributed by atoms with E-state index in [1.165, 1.54) is 7.11 Å². The predicted molar refractivity (Wildman–Crippen MR) is 205 cm³/mol. The molecule has 1 aliphatic carbocycles. The van der Waals surface area contributed by atoms with Crippen LogP contribution in [-0.2, 0) is 17.9 Å². The lowest BCUT2D eigenvalue weighted by molar-refractivity contribution is -0.0158. The van der Waals surface area contributed by atoms with Gasteiger partial charge in [0.25, 0.3) is 5.91 Å². The van der Waals surface area contributed by atoms with Gasteiger partial charge in [0.05, 0.1) is 35.6 Å². The number of methoxy groups -OCH3 is 1. The van der Waals surface area contributed by atoms with Crippen molar-refractivity contribution < 1.29 is 23.6 Å². The number of rotatable bonds is 11. The molecule has 1 saturated carbocycles. The van der Waals surface area contributed by atoms with Crippen LogP contribution in [0.4, 0.5) is 10.5 Å². The second-order valence-electron chi connectivity index (χ2n) is 14.0. The van der Waals surface area contributed by atoms with Crippen molar-refractivity contribution in [2.75, 3.05) is 12.4 Å². The van der Waals surface area contributed by atoms with E-state index >= 15 is 0 Å². The van der Waals surface area contributed by atoms with Crippen LogP contribution in [0.25, 0.3) is 22.4 Å². The molecule has 9 nitrogen and oxygen atoms in total. The molecule has 2 N–H and O–H groups in total. The number of carbonyl (C=O) groups is 2.